The molecule has 2 rings (SSSR count). The fourth-order valence-electron chi connectivity index (χ4n) is 3.01. The largest absolute Gasteiger partial charge is 0.359 e. The van der Waals surface area contributed by atoms with Gasteiger partial charge in [-0.2, -0.15) is 0 Å². The molecule has 0 amide bonds. The lowest BCUT2D eigenvalue weighted by Gasteiger charge is -2.34. The normalized spacial score (nSPS) is 22.0. The quantitative estimate of drug-likeness (QED) is 0.605. The van der Waals surface area contributed by atoms with Crippen molar-refractivity contribution in [1.82, 2.24) is 0 Å². The lowest BCUT2D eigenvalue weighted by molar-refractivity contribution is -0.0969. The summed E-state index contributed by atoms with van der Waals surface area (Å²) in [5.74, 6) is -1.67. The lowest BCUT2D eigenvalue weighted by atomic mass is 9.77. The van der Waals surface area contributed by atoms with Gasteiger partial charge in [0.1, 0.15) is 0 Å². The van der Waals surface area contributed by atoms with Crippen LogP contribution < -0.4 is 0 Å². The molecule has 0 aromatic heterocycles. The highest BCUT2D eigenvalue weighted by atomic mass is 16.5. The van der Waals surface area contributed by atoms with E-state index in [4.69, 9.17) is 0 Å². The Balaban J connectivity index is 2.63. The first-order valence-corrected chi connectivity index (χ1v) is 7.05. The number of rotatable bonds is 1. The second-order valence-corrected chi connectivity index (χ2v) is 6.10. The summed E-state index contributed by atoms with van der Waals surface area (Å²) in [5, 5.41) is 20.3. The molecule has 0 saturated heterocycles. The van der Waals surface area contributed by atoms with E-state index in [0.717, 1.165) is 5.57 Å². The first kappa shape index (κ1) is 15.0. The van der Waals surface area contributed by atoms with Crippen molar-refractivity contribution in [1.29, 1.82) is 0 Å². The van der Waals surface area contributed by atoms with Crippen molar-refractivity contribution >= 4 is 0 Å². The first-order chi connectivity index (χ1) is 9.16. The van der Waals surface area contributed by atoms with E-state index in [1.165, 1.54) is 22.3 Å². The molecule has 0 spiro atoms. The molecule has 20 heavy (non-hydrogen) atoms. The van der Waals surface area contributed by atoms with Crippen molar-refractivity contribution in [3.05, 3.63) is 57.2 Å². The summed E-state index contributed by atoms with van der Waals surface area (Å²) in [6, 6.07) is 4.39. The Morgan fingerprint density at radius 3 is 2.15 bits per heavy atom. The Morgan fingerprint density at radius 2 is 1.55 bits per heavy atom. The third-order valence-electron chi connectivity index (χ3n) is 4.73. The van der Waals surface area contributed by atoms with Gasteiger partial charge < -0.3 is 10.2 Å². The number of allylic oxidation sites excluding steroid dienone is 2. The highest BCUT2D eigenvalue weighted by Crippen LogP contribution is 2.41. The smallest absolute Gasteiger partial charge is 0.208 e. The predicted octanol–water partition coefficient (Wildman–Crippen LogP) is 3.67. The van der Waals surface area contributed by atoms with Crippen molar-refractivity contribution < 1.29 is 10.2 Å². The molecular formula is C18H24O2. The van der Waals surface area contributed by atoms with E-state index < -0.39 is 5.79 Å². The zero-order valence-corrected chi connectivity index (χ0v) is 13.2. The molecule has 1 aliphatic carbocycles. The van der Waals surface area contributed by atoms with Gasteiger partial charge in [-0.15, -0.1) is 0 Å². The molecule has 2 heteroatoms. The third kappa shape index (κ3) is 2.23. The second-order valence-electron chi connectivity index (χ2n) is 6.10. The fourth-order valence-corrected chi connectivity index (χ4v) is 3.01. The Morgan fingerprint density at radius 1 is 0.950 bits per heavy atom. The number of hydrogen-bond donors (Lipinski definition) is 2. The maximum absolute atomic E-state index is 10.2. The summed E-state index contributed by atoms with van der Waals surface area (Å²) < 4.78 is 0. The molecule has 2 N–H and O–H groups in total. The van der Waals surface area contributed by atoms with E-state index in [1.54, 1.807) is 13.8 Å². The van der Waals surface area contributed by atoms with Crippen molar-refractivity contribution in [2.75, 3.05) is 0 Å². The average molecular weight is 272 g/mol. The zero-order chi connectivity index (χ0) is 15.2. The highest BCUT2D eigenvalue weighted by Gasteiger charge is 2.35. The lowest BCUT2D eigenvalue weighted by Crippen LogP contribution is -2.35. The van der Waals surface area contributed by atoms with Crippen LogP contribution in [0.5, 0.6) is 0 Å². The van der Waals surface area contributed by atoms with Crippen LogP contribution in [0.15, 0.2) is 34.9 Å². The van der Waals surface area contributed by atoms with Gasteiger partial charge in [-0.05, 0) is 69.4 Å². The molecule has 1 unspecified atom stereocenters. The highest BCUT2D eigenvalue weighted by molar-refractivity contribution is 5.50. The third-order valence-corrected chi connectivity index (χ3v) is 4.73. The molecule has 1 aromatic carbocycles. The van der Waals surface area contributed by atoms with E-state index in [0.29, 0.717) is 11.1 Å². The number of benzene rings is 1. The molecule has 0 heterocycles. The summed E-state index contributed by atoms with van der Waals surface area (Å²) in [4.78, 5) is 0. The predicted molar refractivity (Wildman–Crippen MR) is 82.7 cm³/mol. The second kappa shape index (κ2) is 4.87. The van der Waals surface area contributed by atoms with Gasteiger partial charge in [0.25, 0.3) is 0 Å². The van der Waals surface area contributed by atoms with E-state index in [9.17, 15) is 10.2 Å². The molecule has 0 radical (unpaired) electrons. The van der Waals surface area contributed by atoms with Crippen molar-refractivity contribution in [2.45, 2.75) is 53.2 Å². The van der Waals surface area contributed by atoms with Crippen molar-refractivity contribution in [2.24, 2.45) is 0 Å². The van der Waals surface area contributed by atoms with Crippen LogP contribution in [-0.4, -0.2) is 16.0 Å². The van der Waals surface area contributed by atoms with Crippen LogP contribution in [0.1, 0.15) is 48.9 Å². The topological polar surface area (TPSA) is 40.5 Å². The van der Waals surface area contributed by atoms with Gasteiger partial charge in [-0.3, -0.25) is 0 Å². The molecule has 1 aliphatic rings. The van der Waals surface area contributed by atoms with Crippen LogP contribution in [0.2, 0.25) is 0 Å². The molecule has 0 bridgehead atoms. The van der Waals surface area contributed by atoms with Crippen LogP contribution in [0, 0.1) is 20.8 Å². The summed E-state index contributed by atoms with van der Waals surface area (Å²) in [6.45, 7) is 11.9. The Labute approximate surface area is 121 Å². The molecule has 108 valence electrons. The molecule has 0 aliphatic heterocycles. The zero-order valence-electron chi connectivity index (χ0n) is 13.2. The van der Waals surface area contributed by atoms with Crippen LogP contribution in [0.3, 0.4) is 0 Å². The minimum absolute atomic E-state index is 0.126. The molecule has 1 aromatic rings. The summed E-state index contributed by atoms with van der Waals surface area (Å²) in [6.07, 6.45) is 1.98. The maximum atomic E-state index is 10.2. The SMILES string of the molecule is CC1=CC(c2cc(C)cc(C)c2C)C(C)=C(C)C1(O)O. The van der Waals surface area contributed by atoms with Crippen LogP contribution in [0.4, 0.5) is 0 Å². The number of aliphatic hydroxyl groups is 2. The van der Waals surface area contributed by atoms with Crippen LogP contribution in [0.25, 0.3) is 0 Å². The summed E-state index contributed by atoms with van der Waals surface area (Å²) >= 11 is 0. The van der Waals surface area contributed by atoms with Crippen molar-refractivity contribution in [3.63, 3.8) is 0 Å². The molecular weight excluding hydrogens is 248 g/mol. The standard InChI is InChI=1S/C18H24O2/c1-10-7-11(2)13(4)16(8-10)17-9-12(3)18(19,20)15(6)14(17)5/h7-9,17,19-20H,1-6H3. The molecule has 0 saturated carbocycles. The minimum Gasteiger partial charge on any atom is -0.359 e. The van der Waals surface area contributed by atoms with E-state index in [1.807, 2.05) is 13.0 Å². The fraction of sp³-hybridized carbons (Fsp3) is 0.444. The van der Waals surface area contributed by atoms with Gasteiger partial charge in [-0.25, -0.2) is 0 Å². The summed E-state index contributed by atoms with van der Waals surface area (Å²) in [5.41, 5.74) is 7.32. The van der Waals surface area contributed by atoms with Crippen molar-refractivity contribution in [3.8, 4) is 0 Å². The summed E-state index contributed by atoms with van der Waals surface area (Å²) in [7, 11) is 0. The molecule has 0 fully saturated rings. The van der Waals surface area contributed by atoms with Gasteiger partial charge in [0.2, 0.25) is 5.79 Å². The van der Waals surface area contributed by atoms with Crippen LogP contribution in [-0.2, 0) is 0 Å². The van der Waals surface area contributed by atoms with Gasteiger partial charge >= 0.3 is 0 Å². The average Bonchev–Trinajstić information content (AvgIpc) is 2.36. The maximum Gasteiger partial charge on any atom is 0.208 e. The van der Waals surface area contributed by atoms with E-state index in [-0.39, 0.29) is 5.92 Å². The minimum atomic E-state index is -1.80. The van der Waals surface area contributed by atoms with Crippen LogP contribution >= 0.6 is 0 Å². The van der Waals surface area contributed by atoms with Gasteiger partial charge in [0.15, 0.2) is 0 Å². The number of aryl methyl sites for hydroxylation is 2. The van der Waals surface area contributed by atoms with Gasteiger partial charge in [-0.1, -0.05) is 29.3 Å². The molecule has 1 atom stereocenters. The van der Waals surface area contributed by atoms with E-state index >= 15 is 0 Å². The Hall–Kier alpha value is -1.38. The Kier molecular flexibility index (Phi) is 3.66. The first-order valence-electron chi connectivity index (χ1n) is 7.05. The van der Waals surface area contributed by atoms with Gasteiger partial charge in [0.05, 0.1) is 0 Å². The monoisotopic (exact) mass is 272 g/mol. The van der Waals surface area contributed by atoms with E-state index in [2.05, 4.69) is 32.9 Å². The van der Waals surface area contributed by atoms with Gasteiger partial charge in [0, 0.05) is 5.92 Å². The molecule has 2 nitrogen and oxygen atoms in total. The number of hydrogen-bond acceptors (Lipinski definition) is 2. The Bertz CT molecular complexity index is 619.